The van der Waals surface area contributed by atoms with Crippen molar-refractivity contribution in [2.45, 2.75) is 27.4 Å². The topological polar surface area (TPSA) is 61.0 Å². The van der Waals surface area contributed by atoms with E-state index in [0.717, 1.165) is 21.5 Å². The molecule has 3 rings (SSSR count). The summed E-state index contributed by atoms with van der Waals surface area (Å²) in [6, 6.07) is 6.12. The number of hydrogen-bond donors (Lipinski definition) is 1. The number of aryl methyl sites for hydroxylation is 2. The van der Waals surface area contributed by atoms with Gasteiger partial charge >= 0.3 is 0 Å². The van der Waals surface area contributed by atoms with Crippen molar-refractivity contribution in [3.63, 3.8) is 0 Å². The van der Waals surface area contributed by atoms with E-state index in [-0.39, 0.29) is 0 Å². The van der Waals surface area contributed by atoms with E-state index in [2.05, 4.69) is 36.8 Å². The second-order valence-electron chi connectivity index (χ2n) is 5.16. The summed E-state index contributed by atoms with van der Waals surface area (Å²) < 4.78 is 5.89. The first-order valence-electron chi connectivity index (χ1n) is 6.75. The Labute approximate surface area is 127 Å². The molecule has 1 aromatic carbocycles. The second kappa shape index (κ2) is 5.33. The number of ether oxygens (including phenoxy) is 1. The van der Waals surface area contributed by atoms with Crippen LogP contribution in [0.3, 0.4) is 0 Å². The Morgan fingerprint density at radius 3 is 2.81 bits per heavy atom. The van der Waals surface area contributed by atoms with Gasteiger partial charge in [0, 0.05) is 0 Å². The van der Waals surface area contributed by atoms with Crippen LogP contribution in [0.1, 0.15) is 22.5 Å². The molecule has 0 aliphatic carbocycles. The normalized spacial score (nSPS) is 11.0. The molecule has 2 heterocycles. The van der Waals surface area contributed by atoms with E-state index < -0.39 is 0 Å². The third-order valence-electron chi connectivity index (χ3n) is 3.52. The highest BCUT2D eigenvalue weighted by molar-refractivity contribution is 7.16. The molecule has 0 unspecified atom stereocenters. The zero-order valence-electron chi connectivity index (χ0n) is 12.3. The molecule has 0 saturated heterocycles. The number of hydrogen-bond acceptors (Lipinski definition) is 5. The van der Waals surface area contributed by atoms with E-state index in [1.54, 1.807) is 11.3 Å². The van der Waals surface area contributed by atoms with Crippen molar-refractivity contribution >= 4 is 27.4 Å². The minimum atomic E-state index is 0.321. The van der Waals surface area contributed by atoms with Crippen LogP contribution < -0.4 is 10.5 Å². The molecule has 0 amide bonds. The fourth-order valence-electron chi connectivity index (χ4n) is 2.28. The molecule has 0 atom stereocenters. The van der Waals surface area contributed by atoms with Crippen molar-refractivity contribution in [3.8, 4) is 5.75 Å². The van der Waals surface area contributed by atoms with E-state index in [4.69, 9.17) is 10.5 Å². The second-order valence-corrected chi connectivity index (χ2v) is 6.05. The Balaban J connectivity index is 1.86. The smallest absolute Gasteiger partial charge is 0.169 e. The van der Waals surface area contributed by atoms with Crippen LogP contribution in [0.5, 0.6) is 5.75 Å². The van der Waals surface area contributed by atoms with Crippen LogP contribution in [0.15, 0.2) is 23.6 Å². The van der Waals surface area contributed by atoms with Gasteiger partial charge in [-0.2, -0.15) is 0 Å². The van der Waals surface area contributed by atoms with Crippen molar-refractivity contribution in [1.82, 2.24) is 9.97 Å². The van der Waals surface area contributed by atoms with Gasteiger partial charge in [0.2, 0.25) is 0 Å². The third kappa shape index (κ3) is 2.69. The minimum Gasteiger partial charge on any atom is -0.485 e. The molecule has 0 saturated carbocycles. The van der Waals surface area contributed by atoms with Crippen molar-refractivity contribution in [2.75, 3.05) is 5.73 Å². The molecule has 0 fully saturated rings. The first-order valence-corrected chi connectivity index (χ1v) is 7.63. The third-order valence-corrected chi connectivity index (χ3v) is 4.33. The summed E-state index contributed by atoms with van der Waals surface area (Å²) in [4.78, 5) is 9.70. The molecule has 3 aromatic rings. The molecule has 108 valence electrons. The summed E-state index contributed by atoms with van der Waals surface area (Å²) in [7, 11) is 0. The summed E-state index contributed by atoms with van der Waals surface area (Å²) in [5, 5.41) is 2.88. The van der Waals surface area contributed by atoms with E-state index in [9.17, 15) is 0 Å². The maximum atomic E-state index is 5.95. The average molecular weight is 299 g/mol. The predicted molar refractivity (Wildman–Crippen MR) is 86.8 cm³/mol. The molecule has 0 aliphatic rings. The lowest BCUT2D eigenvalue weighted by atomic mass is 10.1. The summed E-state index contributed by atoms with van der Waals surface area (Å²) >= 11 is 1.56. The average Bonchev–Trinajstić information content (AvgIpc) is 2.90. The number of nitrogen functional groups attached to an aromatic ring is 1. The molecule has 2 aromatic heterocycles. The van der Waals surface area contributed by atoms with Crippen molar-refractivity contribution in [3.05, 3.63) is 46.1 Å². The van der Waals surface area contributed by atoms with Gasteiger partial charge in [0.25, 0.3) is 0 Å². The number of rotatable bonds is 3. The van der Waals surface area contributed by atoms with Gasteiger partial charge in [0.15, 0.2) is 5.82 Å². The van der Waals surface area contributed by atoms with Gasteiger partial charge in [-0.15, -0.1) is 11.3 Å². The molecule has 2 N–H and O–H groups in total. The summed E-state index contributed by atoms with van der Waals surface area (Å²) in [5.41, 5.74) is 9.50. The zero-order valence-corrected chi connectivity index (χ0v) is 13.1. The maximum absolute atomic E-state index is 5.95. The number of benzene rings is 1. The highest BCUT2D eigenvalue weighted by Crippen LogP contribution is 2.25. The zero-order chi connectivity index (χ0) is 15.0. The van der Waals surface area contributed by atoms with Crippen LogP contribution in [0, 0.1) is 20.8 Å². The Kier molecular flexibility index (Phi) is 3.51. The molecular weight excluding hydrogens is 282 g/mol. The van der Waals surface area contributed by atoms with Crippen molar-refractivity contribution < 1.29 is 4.74 Å². The Bertz CT molecular complexity index is 811. The first-order chi connectivity index (χ1) is 10.0. The van der Waals surface area contributed by atoms with Gasteiger partial charge < -0.3 is 10.5 Å². The van der Waals surface area contributed by atoms with Gasteiger partial charge in [0.1, 0.15) is 23.0 Å². The molecule has 0 spiro atoms. The monoisotopic (exact) mass is 299 g/mol. The van der Waals surface area contributed by atoms with E-state index in [1.807, 2.05) is 17.5 Å². The number of aromatic nitrogens is 2. The van der Waals surface area contributed by atoms with Gasteiger partial charge in [-0.1, -0.05) is 6.07 Å². The summed E-state index contributed by atoms with van der Waals surface area (Å²) in [5.74, 6) is 2.00. The SMILES string of the molecule is Cc1cc(C)c(C)c(OCc2nc(N)c3ccsc3n2)c1. The Morgan fingerprint density at radius 1 is 1.19 bits per heavy atom. The van der Waals surface area contributed by atoms with E-state index >= 15 is 0 Å². The number of anilines is 1. The summed E-state index contributed by atoms with van der Waals surface area (Å²) in [6.07, 6.45) is 0. The number of fused-ring (bicyclic) bond motifs is 1. The molecular formula is C16H17N3OS. The fraction of sp³-hybridized carbons (Fsp3) is 0.250. The molecule has 0 radical (unpaired) electrons. The quantitative estimate of drug-likeness (QED) is 0.799. The fourth-order valence-corrected chi connectivity index (χ4v) is 3.07. The molecule has 21 heavy (non-hydrogen) atoms. The van der Waals surface area contributed by atoms with Gasteiger partial charge in [-0.25, -0.2) is 9.97 Å². The number of nitrogens with zero attached hydrogens (tertiary/aromatic N) is 2. The van der Waals surface area contributed by atoms with Gasteiger partial charge in [-0.05, 0) is 55.0 Å². The molecule has 0 bridgehead atoms. The van der Waals surface area contributed by atoms with E-state index in [1.165, 1.54) is 11.1 Å². The number of nitrogens with two attached hydrogens (primary N) is 1. The lowest BCUT2D eigenvalue weighted by Gasteiger charge is -2.12. The van der Waals surface area contributed by atoms with Crippen LogP contribution in [0.2, 0.25) is 0 Å². The van der Waals surface area contributed by atoms with Gasteiger partial charge in [0.05, 0.1) is 5.39 Å². The van der Waals surface area contributed by atoms with Crippen molar-refractivity contribution in [1.29, 1.82) is 0 Å². The van der Waals surface area contributed by atoms with E-state index in [0.29, 0.717) is 18.2 Å². The standard InChI is InChI=1S/C16H17N3OS/c1-9-6-10(2)11(3)13(7-9)20-8-14-18-15(17)12-4-5-21-16(12)19-14/h4-7H,8H2,1-3H3,(H2,17,18,19). The first kappa shape index (κ1) is 13.8. The van der Waals surface area contributed by atoms with Crippen LogP contribution in [-0.4, -0.2) is 9.97 Å². The lowest BCUT2D eigenvalue weighted by Crippen LogP contribution is -2.05. The lowest BCUT2D eigenvalue weighted by molar-refractivity contribution is 0.294. The van der Waals surface area contributed by atoms with Crippen LogP contribution in [0.4, 0.5) is 5.82 Å². The maximum Gasteiger partial charge on any atom is 0.169 e. The molecule has 0 aliphatic heterocycles. The predicted octanol–water partition coefficient (Wildman–Crippen LogP) is 3.78. The van der Waals surface area contributed by atoms with Crippen molar-refractivity contribution in [2.24, 2.45) is 0 Å². The highest BCUT2D eigenvalue weighted by Gasteiger charge is 2.09. The molecule has 5 heteroatoms. The van der Waals surface area contributed by atoms with Gasteiger partial charge in [-0.3, -0.25) is 0 Å². The number of thiophene rings is 1. The minimum absolute atomic E-state index is 0.321. The summed E-state index contributed by atoms with van der Waals surface area (Å²) in [6.45, 7) is 6.52. The highest BCUT2D eigenvalue weighted by atomic mass is 32.1. The Morgan fingerprint density at radius 2 is 2.00 bits per heavy atom. The largest absolute Gasteiger partial charge is 0.485 e. The van der Waals surface area contributed by atoms with Crippen LogP contribution in [0.25, 0.3) is 10.2 Å². The Hall–Kier alpha value is -2.14. The van der Waals surface area contributed by atoms with Crippen LogP contribution >= 0.6 is 11.3 Å². The van der Waals surface area contributed by atoms with Crippen LogP contribution in [-0.2, 0) is 6.61 Å². The molecule has 4 nitrogen and oxygen atoms in total.